The predicted octanol–water partition coefficient (Wildman–Crippen LogP) is 7.82. The van der Waals surface area contributed by atoms with Crippen LogP contribution in [0.1, 0.15) is 70.8 Å². The zero-order valence-electron chi connectivity index (χ0n) is 21.6. The third kappa shape index (κ3) is 5.69. The maximum Gasteiger partial charge on any atom is 0.335 e. The Morgan fingerprint density at radius 2 is 1.79 bits per heavy atom. The maximum atomic E-state index is 14.2. The van der Waals surface area contributed by atoms with Crippen molar-refractivity contribution in [1.29, 1.82) is 0 Å². The Morgan fingerprint density at radius 3 is 2.58 bits per heavy atom. The summed E-state index contributed by atoms with van der Waals surface area (Å²) in [5.41, 5.74) is 4.33. The molecule has 2 N–H and O–H groups in total. The van der Waals surface area contributed by atoms with E-state index < -0.39 is 5.97 Å². The van der Waals surface area contributed by atoms with Crippen LogP contribution in [-0.2, 0) is 0 Å². The number of carbonyl (C=O) groups is 1. The molecule has 6 heteroatoms. The monoisotopic (exact) mass is 533 g/mol. The van der Waals surface area contributed by atoms with Gasteiger partial charge in [0.25, 0.3) is 0 Å². The van der Waals surface area contributed by atoms with Gasteiger partial charge in [-0.15, -0.1) is 12.4 Å². The van der Waals surface area contributed by atoms with Crippen LogP contribution in [0.5, 0.6) is 5.75 Å². The summed E-state index contributed by atoms with van der Waals surface area (Å²) in [6, 6.07) is 24.9. The average Bonchev–Trinajstić information content (AvgIpc) is 2.91. The molecule has 4 aromatic carbocycles. The number of rotatable bonds is 8. The number of para-hydroxylation sites is 1. The fourth-order valence-electron chi connectivity index (χ4n) is 5.49. The number of carboxylic acids is 1. The highest BCUT2D eigenvalue weighted by Gasteiger charge is 2.29. The number of nitrogens with one attached hydrogen (secondary N) is 1. The number of fused-ring (bicyclic) bond motifs is 2. The Labute approximate surface area is 229 Å². The number of ether oxygens (including phenoxy) is 1. The van der Waals surface area contributed by atoms with Gasteiger partial charge in [0.1, 0.15) is 11.6 Å². The van der Waals surface area contributed by atoms with E-state index in [1.807, 2.05) is 73.7 Å². The topological polar surface area (TPSA) is 58.6 Å². The fourth-order valence-corrected chi connectivity index (χ4v) is 5.49. The van der Waals surface area contributed by atoms with Crippen LogP contribution in [-0.4, -0.2) is 23.7 Å². The van der Waals surface area contributed by atoms with Crippen LogP contribution < -0.4 is 10.1 Å². The second kappa shape index (κ2) is 12.0. The van der Waals surface area contributed by atoms with Crippen LogP contribution in [0.15, 0.2) is 78.9 Å². The highest BCUT2D eigenvalue weighted by atomic mass is 35.5. The van der Waals surface area contributed by atoms with Gasteiger partial charge in [0.05, 0.1) is 11.7 Å². The van der Waals surface area contributed by atoms with Crippen molar-refractivity contribution in [2.75, 3.05) is 6.54 Å². The largest absolute Gasteiger partial charge is 0.490 e. The number of aryl methyl sites for hydroxylation is 1. The minimum atomic E-state index is -0.898. The second-order valence-corrected chi connectivity index (χ2v) is 9.95. The van der Waals surface area contributed by atoms with Crippen molar-refractivity contribution in [2.24, 2.45) is 0 Å². The molecule has 0 amide bonds. The molecule has 0 saturated carbocycles. The second-order valence-electron chi connectivity index (χ2n) is 9.95. The molecule has 0 unspecified atom stereocenters. The first-order chi connectivity index (χ1) is 17.9. The van der Waals surface area contributed by atoms with E-state index in [9.17, 15) is 14.3 Å². The SMILES string of the molecule is Cc1ccc([C@@H]2C[C@H](CCCN[C@H](C)c3ccc(F)c4ccccc34)Oc3ccccc32)cc1C(=O)O.Cl. The first-order valence-corrected chi connectivity index (χ1v) is 12.9. The standard InChI is InChI=1S/C32H32FNO3.ClH/c1-20-13-14-22(18-28(20)32(35)36)29-19-23(37-31-12-6-5-11-27(29)31)8-7-17-34-21(2)24-15-16-30(33)26-10-4-3-9-25(24)26;/h3-6,9-16,18,21,23,29,34H,7-8,17,19H2,1-2H3,(H,35,36);1H/t21-,23+,29+;/m1./s1. The molecule has 4 aromatic rings. The quantitative estimate of drug-likeness (QED) is 0.227. The van der Waals surface area contributed by atoms with Gasteiger partial charge in [0.15, 0.2) is 0 Å². The molecular weight excluding hydrogens is 501 g/mol. The number of carboxylic acid groups (broad SMARTS) is 1. The molecule has 4 nitrogen and oxygen atoms in total. The molecule has 38 heavy (non-hydrogen) atoms. The van der Waals surface area contributed by atoms with Gasteiger partial charge in [0, 0.05) is 22.9 Å². The van der Waals surface area contributed by atoms with E-state index in [-0.39, 0.29) is 36.3 Å². The molecule has 5 rings (SSSR count). The Morgan fingerprint density at radius 1 is 1.05 bits per heavy atom. The highest BCUT2D eigenvalue weighted by Crippen LogP contribution is 2.41. The molecule has 0 aromatic heterocycles. The van der Waals surface area contributed by atoms with Crippen LogP contribution in [0.2, 0.25) is 0 Å². The van der Waals surface area contributed by atoms with Crippen LogP contribution >= 0.6 is 12.4 Å². The zero-order valence-corrected chi connectivity index (χ0v) is 22.4. The first kappa shape index (κ1) is 27.6. The molecular formula is C32H33ClFNO3. The van der Waals surface area contributed by atoms with Crippen LogP contribution in [0.4, 0.5) is 4.39 Å². The highest BCUT2D eigenvalue weighted by molar-refractivity contribution is 5.89. The minimum absolute atomic E-state index is 0. The number of halogens is 2. The van der Waals surface area contributed by atoms with Gasteiger partial charge in [-0.3, -0.25) is 0 Å². The van der Waals surface area contributed by atoms with Crippen molar-refractivity contribution in [3.63, 3.8) is 0 Å². The van der Waals surface area contributed by atoms with Crippen molar-refractivity contribution in [3.05, 3.63) is 112 Å². The third-order valence-electron chi connectivity index (χ3n) is 7.51. The van der Waals surface area contributed by atoms with Gasteiger partial charge in [-0.25, -0.2) is 9.18 Å². The lowest BCUT2D eigenvalue weighted by atomic mass is 9.82. The average molecular weight is 534 g/mol. The molecule has 1 heterocycles. The third-order valence-corrected chi connectivity index (χ3v) is 7.51. The Kier molecular flexibility index (Phi) is 8.70. The fraction of sp³-hybridized carbons (Fsp3) is 0.281. The maximum absolute atomic E-state index is 14.2. The summed E-state index contributed by atoms with van der Waals surface area (Å²) >= 11 is 0. The smallest absolute Gasteiger partial charge is 0.335 e. The lowest BCUT2D eigenvalue weighted by Gasteiger charge is -2.33. The molecule has 1 aliphatic rings. The molecule has 1 aliphatic heterocycles. The molecule has 0 aliphatic carbocycles. The van der Waals surface area contributed by atoms with Gasteiger partial charge >= 0.3 is 5.97 Å². The van der Waals surface area contributed by atoms with E-state index in [0.29, 0.717) is 10.9 Å². The van der Waals surface area contributed by atoms with Crippen molar-refractivity contribution in [3.8, 4) is 5.75 Å². The van der Waals surface area contributed by atoms with Crippen LogP contribution in [0, 0.1) is 12.7 Å². The summed E-state index contributed by atoms with van der Waals surface area (Å²) < 4.78 is 20.6. The molecule has 3 atom stereocenters. The summed E-state index contributed by atoms with van der Waals surface area (Å²) in [5, 5.41) is 14.8. The first-order valence-electron chi connectivity index (χ1n) is 12.9. The van der Waals surface area contributed by atoms with E-state index in [2.05, 4.69) is 18.3 Å². The van der Waals surface area contributed by atoms with Gasteiger partial charge in [-0.1, -0.05) is 60.7 Å². The number of hydrogen-bond donors (Lipinski definition) is 2. The number of aromatic carboxylic acids is 1. The Hall–Kier alpha value is -3.41. The Bertz CT molecular complexity index is 1440. The van der Waals surface area contributed by atoms with Crippen molar-refractivity contribution < 1.29 is 19.0 Å². The molecule has 198 valence electrons. The lowest BCUT2D eigenvalue weighted by molar-refractivity contribution is 0.0696. The predicted molar refractivity (Wildman–Crippen MR) is 152 cm³/mol. The van der Waals surface area contributed by atoms with Gasteiger partial charge in [-0.2, -0.15) is 0 Å². The summed E-state index contributed by atoms with van der Waals surface area (Å²) in [7, 11) is 0. The van der Waals surface area contributed by atoms with Crippen molar-refractivity contribution in [2.45, 2.75) is 51.2 Å². The summed E-state index contributed by atoms with van der Waals surface area (Å²) in [6.45, 7) is 4.75. The Balaban J connectivity index is 0.00000336. The van der Waals surface area contributed by atoms with Gasteiger partial charge < -0.3 is 15.2 Å². The molecule has 0 fully saturated rings. The van der Waals surface area contributed by atoms with Crippen molar-refractivity contribution in [1.82, 2.24) is 5.32 Å². The number of benzene rings is 4. The molecule has 0 saturated heterocycles. The molecule has 0 spiro atoms. The zero-order chi connectivity index (χ0) is 25.9. The molecule has 0 radical (unpaired) electrons. The van der Waals surface area contributed by atoms with E-state index in [4.69, 9.17) is 4.74 Å². The van der Waals surface area contributed by atoms with Crippen LogP contribution in [0.25, 0.3) is 10.8 Å². The molecule has 0 bridgehead atoms. The summed E-state index contributed by atoms with van der Waals surface area (Å²) in [4.78, 5) is 11.7. The van der Waals surface area contributed by atoms with Crippen LogP contribution in [0.3, 0.4) is 0 Å². The lowest BCUT2D eigenvalue weighted by Crippen LogP contribution is -2.28. The summed E-state index contributed by atoms with van der Waals surface area (Å²) in [5.74, 6) is -0.128. The van der Waals surface area contributed by atoms with E-state index in [1.165, 1.54) is 0 Å². The number of hydrogen-bond acceptors (Lipinski definition) is 3. The summed E-state index contributed by atoms with van der Waals surface area (Å²) in [6.07, 6.45) is 2.65. The minimum Gasteiger partial charge on any atom is -0.490 e. The van der Waals surface area contributed by atoms with Gasteiger partial charge in [0.2, 0.25) is 0 Å². The van der Waals surface area contributed by atoms with E-state index in [0.717, 1.165) is 59.2 Å². The van der Waals surface area contributed by atoms with Gasteiger partial charge in [-0.05, 0) is 79.9 Å². The normalized spacial score (nSPS) is 17.2. The van der Waals surface area contributed by atoms with Crippen molar-refractivity contribution >= 4 is 29.1 Å². The van der Waals surface area contributed by atoms with E-state index in [1.54, 1.807) is 6.07 Å². The van der Waals surface area contributed by atoms with E-state index >= 15 is 0 Å².